The van der Waals surface area contributed by atoms with Gasteiger partial charge in [0.15, 0.2) is 6.61 Å². The number of benzene rings is 1. The van der Waals surface area contributed by atoms with Crippen LogP contribution in [0.5, 0.6) is 5.75 Å². The lowest BCUT2D eigenvalue weighted by molar-refractivity contribution is -0.153. The van der Waals surface area contributed by atoms with Crippen LogP contribution in [0, 0.1) is 17.7 Å². The van der Waals surface area contributed by atoms with Gasteiger partial charge < -0.3 is 20.7 Å². The normalized spacial score (nSPS) is 35.1. The van der Waals surface area contributed by atoms with E-state index in [1.165, 1.54) is 12.1 Å². The highest BCUT2D eigenvalue weighted by molar-refractivity contribution is 6.30. The number of carbonyl (C=O) groups is 2. The zero-order valence-electron chi connectivity index (χ0n) is 16.7. The van der Waals surface area contributed by atoms with Crippen LogP contribution in [-0.4, -0.2) is 42.1 Å². The summed E-state index contributed by atoms with van der Waals surface area (Å²) in [6.07, 6.45) is 3.15. The van der Waals surface area contributed by atoms with E-state index in [1.54, 1.807) is 0 Å². The highest BCUT2D eigenvalue weighted by atomic mass is 35.5. The Balaban J connectivity index is 1.20. The maximum absolute atomic E-state index is 13.4. The quantitative estimate of drug-likeness (QED) is 0.656. The number of piperidine rings is 1. The van der Waals surface area contributed by atoms with Gasteiger partial charge in [0.2, 0.25) is 5.91 Å². The van der Waals surface area contributed by atoms with Crippen molar-refractivity contribution in [1.29, 1.82) is 0 Å². The second-order valence-electron chi connectivity index (χ2n) is 9.10. The van der Waals surface area contributed by atoms with Crippen molar-refractivity contribution < 1.29 is 18.7 Å². The fourth-order valence-corrected chi connectivity index (χ4v) is 5.05. The summed E-state index contributed by atoms with van der Waals surface area (Å²) >= 11 is 5.63. The zero-order valence-corrected chi connectivity index (χ0v) is 17.4. The van der Waals surface area contributed by atoms with Gasteiger partial charge in [0.1, 0.15) is 11.6 Å². The molecule has 4 aliphatic rings. The van der Waals surface area contributed by atoms with Crippen molar-refractivity contribution in [2.24, 2.45) is 11.8 Å². The van der Waals surface area contributed by atoms with E-state index < -0.39 is 5.82 Å². The first-order valence-corrected chi connectivity index (χ1v) is 10.5. The van der Waals surface area contributed by atoms with Crippen molar-refractivity contribution >= 4 is 23.4 Å². The van der Waals surface area contributed by atoms with Crippen molar-refractivity contribution in [2.45, 2.75) is 56.7 Å². The molecule has 0 radical (unpaired) electrons. The monoisotopic (exact) mass is 423 g/mol. The number of hydrogen-bond acceptors (Lipinski definition) is 4. The predicted molar refractivity (Wildman–Crippen MR) is 107 cm³/mol. The maximum Gasteiger partial charge on any atom is 0.258 e. The largest absolute Gasteiger partial charge is 0.484 e. The van der Waals surface area contributed by atoms with E-state index in [1.807, 2.05) is 0 Å². The van der Waals surface area contributed by atoms with Crippen LogP contribution in [0.15, 0.2) is 18.2 Å². The highest BCUT2D eigenvalue weighted by Gasteiger charge is 2.69. The van der Waals surface area contributed by atoms with Crippen molar-refractivity contribution in [2.75, 3.05) is 13.2 Å². The van der Waals surface area contributed by atoms with Crippen molar-refractivity contribution in [1.82, 2.24) is 16.0 Å². The first kappa shape index (κ1) is 20.4. The van der Waals surface area contributed by atoms with Crippen LogP contribution in [0.25, 0.3) is 0 Å². The molecule has 1 aliphatic heterocycles. The van der Waals surface area contributed by atoms with Crippen LogP contribution in [0.3, 0.4) is 0 Å². The lowest BCUT2D eigenvalue weighted by Gasteiger charge is -2.70. The van der Waals surface area contributed by atoms with E-state index in [2.05, 4.69) is 29.8 Å². The summed E-state index contributed by atoms with van der Waals surface area (Å²) in [5.41, 5.74) is -0.414. The molecular weight excluding hydrogens is 397 g/mol. The van der Waals surface area contributed by atoms with E-state index in [0.29, 0.717) is 12.0 Å². The van der Waals surface area contributed by atoms with E-state index in [9.17, 15) is 14.0 Å². The highest BCUT2D eigenvalue weighted by Crippen LogP contribution is 2.60. The standard InChI is InChI=1S/C21H27ClFN3O3/c1-12-5-14(7-24-13(12)2)19(28)26-21-9-20(10-21,11-21)25-18(27)8-29-15-3-4-16(22)17(23)6-15/h3-4,6,12-14,24H,5,7-11H2,1-2H3,(H,25,27)(H,26,28). The third kappa shape index (κ3) is 4.08. The minimum Gasteiger partial charge on any atom is -0.484 e. The summed E-state index contributed by atoms with van der Waals surface area (Å²) in [6.45, 7) is 4.85. The average molecular weight is 424 g/mol. The van der Waals surface area contributed by atoms with Crippen molar-refractivity contribution in [3.05, 3.63) is 29.0 Å². The molecule has 158 valence electrons. The van der Waals surface area contributed by atoms with Gasteiger partial charge in [0.25, 0.3) is 5.91 Å². The Morgan fingerprint density at radius 3 is 2.59 bits per heavy atom. The molecule has 2 bridgehead atoms. The molecule has 2 amide bonds. The molecule has 1 saturated heterocycles. The topological polar surface area (TPSA) is 79.5 Å². The summed E-state index contributed by atoms with van der Waals surface area (Å²) in [7, 11) is 0. The Labute approximate surface area is 174 Å². The minimum absolute atomic E-state index is 0.00828. The first-order valence-electron chi connectivity index (χ1n) is 10.1. The van der Waals surface area contributed by atoms with Crippen LogP contribution in [-0.2, 0) is 9.59 Å². The molecule has 3 aliphatic carbocycles. The average Bonchev–Trinajstić information content (AvgIpc) is 2.62. The van der Waals surface area contributed by atoms with Crippen LogP contribution >= 0.6 is 11.6 Å². The Hall–Kier alpha value is -1.86. The number of amides is 2. The fraction of sp³-hybridized carbons (Fsp3) is 0.619. The molecule has 1 aromatic carbocycles. The third-order valence-electron chi connectivity index (χ3n) is 6.65. The molecule has 0 spiro atoms. The summed E-state index contributed by atoms with van der Waals surface area (Å²) in [5.74, 6) is 0.0242. The van der Waals surface area contributed by atoms with Crippen molar-refractivity contribution in [3.63, 3.8) is 0 Å². The summed E-state index contributed by atoms with van der Waals surface area (Å²) in [5, 5.41) is 9.63. The van der Waals surface area contributed by atoms with E-state index in [-0.39, 0.29) is 46.2 Å². The Kier molecular flexibility index (Phi) is 5.23. The van der Waals surface area contributed by atoms with Gasteiger partial charge in [-0.25, -0.2) is 4.39 Å². The Bertz CT molecular complexity index is 814. The molecule has 8 heteroatoms. The van der Waals surface area contributed by atoms with Gasteiger partial charge >= 0.3 is 0 Å². The minimum atomic E-state index is -0.585. The van der Waals surface area contributed by atoms with Crippen molar-refractivity contribution in [3.8, 4) is 5.75 Å². The summed E-state index contributed by atoms with van der Waals surface area (Å²) in [4.78, 5) is 24.8. The Morgan fingerprint density at radius 2 is 1.93 bits per heavy atom. The van der Waals surface area contributed by atoms with E-state index >= 15 is 0 Å². The number of carbonyl (C=O) groups excluding carboxylic acids is 2. The predicted octanol–water partition coefficient (Wildman–Crippen LogP) is 2.40. The Morgan fingerprint density at radius 1 is 1.24 bits per heavy atom. The number of hydrogen-bond donors (Lipinski definition) is 3. The molecule has 0 aromatic heterocycles. The lowest BCUT2D eigenvalue weighted by atomic mass is 9.44. The number of nitrogens with one attached hydrogen (secondary N) is 3. The van der Waals surface area contributed by atoms with Gasteiger partial charge in [0, 0.05) is 29.7 Å². The zero-order chi connectivity index (χ0) is 20.8. The molecule has 3 saturated carbocycles. The smallest absolute Gasteiger partial charge is 0.258 e. The molecule has 1 heterocycles. The molecular formula is C21H27ClFN3O3. The van der Waals surface area contributed by atoms with Gasteiger partial charge in [-0.3, -0.25) is 9.59 Å². The van der Waals surface area contributed by atoms with Crippen LogP contribution in [0.1, 0.15) is 39.5 Å². The van der Waals surface area contributed by atoms with Gasteiger partial charge in [-0.2, -0.15) is 0 Å². The van der Waals surface area contributed by atoms with Crippen LogP contribution < -0.4 is 20.7 Å². The van der Waals surface area contributed by atoms with Crippen LogP contribution in [0.2, 0.25) is 5.02 Å². The second kappa shape index (κ2) is 7.43. The number of rotatable bonds is 6. The van der Waals surface area contributed by atoms with Gasteiger partial charge in [0.05, 0.1) is 10.9 Å². The van der Waals surface area contributed by atoms with Gasteiger partial charge in [-0.15, -0.1) is 0 Å². The lowest BCUT2D eigenvalue weighted by Crippen LogP contribution is -2.84. The SMILES string of the molecule is CC1CC(C(=O)NC23CC(NC(=O)COc4ccc(Cl)c(F)c4)(C2)C3)CNC1C. The van der Waals surface area contributed by atoms with Crippen LogP contribution in [0.4, 0.5) is 4.39 Å². The molecule has 3 unspecified atom stereocenters. The molecule has 3 N–H and O–H groups in total. The van der Waals surface area contributed by atoms with E-state index in [4.69, 9.17) is 16.3 Å². The summed E-state index contributed by atoms with van der Waals surface area (Å²) < 4.78 is 18.8. The molecule has 6 nitrogen and oxygen atoms in total. The van der Waals surface area contributed by atoms with Gasteiger partial charge in [-0.05, 0) is 50.7 Å². The summed E-state index contributed by atoms with van der Waals surface area (Å²) in [6, 6.07) is 4.51. The van der Waals surface area contributed by atoms with E-state index in [0.717, 1.165) is 38.3 Å². The number of halogens is 2. The second-order valence-corrected chi connectivity index (χ2v) is 9.51. The molecule has 5 rings (SSSR count). The van der Waals surface area contributed by atoms with Gasteiger partial charge in [-0.1, -0.05) is 18.5 Å². The molecule has 3 atom stereocenters. The third-order valence-corrected chi connectivity index (χ3v) is 6.96. The number of ether oxygens (including phenoxy) is 1. The molecule has 29 heavy (non-hydrogen) atoms. The first-order chi connectivity index (χ1) is 13.7. The molecule has 4 fully saturated rings. The maximum atomic E-state index is 13.4. The fourth-order valence-electron chi connectivity index (χ4n) is 4.93. The molecule has 1 aromatic rings.